The van der Waals surface area contributed by atoms with Crippen molar-refractivity contribution in [2.75, 3.05) is 31.1 Å². The molecule has 1 fully saturated rings. The summed E-state index contributed by atoms with van der Waals surface area (Å²) in [7, 11) is 0. The molecule has 1 aliphatic heterocycles. The molecule has 3 heteroatoms. The summed E-state index contributed by atoms with van der Waals surface area (Å²) in [4.78, 5) is 2.44. The number of benzene rings is 1. The van der Waals surface area contributed by atoms with E-state index in [1.807, 2.05) is 0 Å². The molecule has 1 N–H and O–H groups in total. The van der Waals surface area contributed by atoms with E-state index in [1.165, 1.54) is 21.3 Å². The lowest BCUT2D eigenvalue weighted by molar-refractivity contribution is 0.589. The van der Waals surface area contributed by atoms with Crippen molar-refractivity contribution in [3.8, 4) is 0 Å². The molecule has 1 aromatic carbocycles. The highest BCUT2D eigenvalue weighted by Gasteiger charge is 2.12. The number of aryl methyl sites for hydroxylation is 1. The van der Waals surface area contributed by atoms with Gasteiger partial charge in [-0.2, -0.15) is 0 Å². The minimum atomic E-state index is 1.09. The number of halogens is 1. The topological polar surface area (TPSA) is 15.3 Å². The van der Waals surface area contributed by atoms with E-state index in [1.54, 1.807) is 0 Å². The van der Waals surface area contributed by atoms with Crippen LogP contribution in [0.2, 0.25) is 0 Å². The molecule has 0 unspecified atom stereocenters. The van der Waals surface area contributed by atoms with Crippen molar-refractivity contribution in [3.05, 3.63) is 27.7 Å². The van der Waals surface area contributed by atoms with Crippen molar-refractivity contribution < 1.29 is 0 Å². The van der Waals surface area contributed by atoms with Crippen LogP contribution < -0.4 is 10.2 Å². The van der Waals surface area contributed by atoms with Crippen LogP contribution in [0.25, 0.3) is 0 Å². The molecular formula is C12H17BrN2. The highest BCUT2D eigenvalue weighted by atomic mass is 79.9. The number of nitrogens with zero attached hydrogens (tertiary/aromatic N) is 1. The first kappa shape index (κ1) is 11.0. The van der Waals surface area contributed by atoms with E-state index in [9.17, 15) is 0 Å². The average molecular weight is 269 g/mol. The molecule has 0 bridgehead atoms. The third-order valence-electron chi connectivity index (χ3n) is 3.07. The van der Waals surface area contributed by atoms with Gasteiger partial charge in [0.05, 0.1) is 0 Å². The third kappa shape index (κ3) is 2.34. The predicted molar refractivity (Wildman–Crippen MR) is 68.7 cm³/mol. The number of nitrogens with one attached hydrogen (secondary N) is 1. The Kier molecular flexibility index (Phi) is 3.32. The monoisotopic (exact) mass is 268 g/mol. The fraction of sp³-hybridized carbons (Fsp3) is 0.500. The molecule has 82 valence electrons. The Hall–Kier alpha value is -0.540. The summed E-state index contributed by atoms with van der Waals surface area (Å²) in [5, 5.41) is 3.37. The first-order valence-corrected chi connectivity index (χ1v) is 6.20. The second kappa shape index (κ2) is 4.54. The van der Waals surface area contributed by atoms with Gasteiger partial charge in [0, 0.05) is 36.3 Å². The van der Waals surface area contributed by atoms with E-state index in [4.69, 9.17) is 0 Å². The molecule has 2 rings (SSSR count). The fourth-order valence-corrected chi connectivity index (χ4v) is 2.45. The zero-order valence-corrected chi connectivity index (χ0v) is 10.9. The van der Waals surface area contributed by atoms with Gasteiger partial charge in [0.15, 0.2) is 0 Å². The molecule has 1 saturated heterocycles. The Morgan fingerprint density at radius 1 is 1.20 bits per heavy atom. The maximum Gasteiger partial charge on any atom is 0.0381 e. The summed E-state index contributed by atoms with van der Waals surface area (Å²) in [6.45, 7) is 8.71. The Bertz CT molecular complexity index is 334. The first-order chi connectivity index (χ1) is 7.18. The molecule has 0 aromatic heterocycles. The highest BCUT2D eigenvalue weighted by Crippen LogP contribution is 2.27. The Labute approximate surface area is 99.8 Å². The molecule has 0 radical (unpaired) electrons. The number of rotatable bonds is 1. The van der Waals surface area contributed by atoms with Gasteiger partial charge in [-0.15, -0.1) is 0 Å². The van der Waals surface area contributed by atoms with Crippen LogP contribution in [0.1, 0.15) is 11.1 Å². The number of piperazine rings is 1. The molecule has 0 aliphatic carbocycles. The lowest BCUT2D eigenvalue weighted by atomic mass is 10.1. The molecule has 1 heterocycles. The van der Waals surface area contributed by atoms with Crippen LogP contribution in [0, 0.1) is 13.8 Å². The summed E-state index contributed by atoms with van der Waals surface area (Å²) in [6.07, 6.45) is 0. The Morgan fingerprint density at radius 2 is 1.87 bits per heavy atom. The molecule has 15 heavy (non-hydrogen) atoms. The van der Waals surface area contributed by atoms with Crippen LogP contribution in [0.15, 0.2) is 16.6 Å². The minimum absolute atomic E-state index is 1.09. The van der Waals surface area contributed by atoms with Crippen LogP contribution in [-0.4, -0.2) is 26.2 Å². The fourth-order valence-electron chi connectivity index (χ4n) is 1.90. The Balaban J connectivity index is 2.27. The van der Waals surface area contributed by atoms with E-state index in [0.717, 1.165) is 26.2 Å². The van der Waals surface area contributed by atoms with Crippen LogP contribution in [0.3, 0.4) is 0 Å². The number of anilines is 1. The van der Waals surface area contributed by atoms with Gasteiger partial charge in [0.25, 0.3) is 0 Å². The van der Waals surface area contributed by atoms with Crippen molar-refractivity contribution >= 4 is 21.6 Å². The smallest absolute Gasteiger partial charge is 0.0381 e. The van der Waals surface area contributed by atoms with Gasteiger partial charge in [-0.1, -0.05) is 15.9 Å². The summed E-state index contributed by atoms with van der Waals surface area (Å²) in [5.41, 5.74) is 4.04. The molecule has 0 amide bonds. The second-order valence-corrected chi connectivity index (χ2v) is 4.96. The van der Waals surface area contributed by atoms with Crippen LogP contribution in [0.5, 0.6) is 0 Å². The first-order valence-electron chi connectivity index (χ1n) is 5.41. The van der Waals surface area contributed by atoms with Gasteiger partial charge in [0.2, 0.25) is 0 Å². The van der Waals surface area contributed by atoms with Crippen molar-refractivity contribution in [2.45, 2.75) is 13.8 Å². The highest BCUT2D eigenvalue weighted by molar-refractivity contribution is 9.10. The predicted octanol–water partition coefficient (Wildman–Crippen LogP) is 2.48. The summed E-state index contributed by atoms with van der Waals surface area (Å²) < 4.78 is 1.22. The zero-order valence-electron chi connectivity index (χ0n) is 9.31. The zero-order chi connectivity index (χ0) is 10.8. The van der Waals surface area contributed by atoms with Crippen molar-refractivity contribution in [3.63, 3.8) is 0 Å². The van der Waals surface area contributed by atoms with Crippen LogP contribution in [0.4, 0.5) is 5.69 Å². The Morgan fingerprint density at radius 3 is 2.47 bits per heavy atom. The summed E-state index contributed by atoms with van der Waals surface area (Å²) >= 11 is 3.62. The van der Waals surface area contributed by atoms with E-state index >= 15 is 0 Å². The normalized spacial score (nSPS) is 16.9. The standard InChI is InChI=1S/C12H17BrN2/c1-9-7-11(8-12(13)10(9)2)15-5-3-14-4-6-15/h7-8,14H,3-6H2,1-2H3. The molecule has 1 aromatic rings. The van der Waals surface area contributed by atoms with E-state index < -0.39 is 0 Å². The quantitative estimate of drug-likeness (QED) is 0.842. The van der Waals surface area contributed by atoms with Gasteiger partial charge in [-0.3, -0.25) is 0 Å². The van der Waals surface area contributed by atoms with Crippen molar-refractivity contribution in [1.82, 2.24) is 5.32 Å². The molecule has 0 spiro atoms. The van der Waals surface area contributed by atoms with Crippen molar-refractivity contribution in [2.24, 2.45) is 0 Å². The molecule has 2 nitrogen and oxygen atoms in total. The van der Waals surface area contributed by atoms with E-state index in [-0.39, 0.29) is 0 Å². The number of hydrogen-bond donors (Lipinski definition) is 1. The second-order valence-electron chi connectivity index (χ2n) is 4.11. The van der Waals surface area contributed by atoms with Gasteiger partial charge in [0.1, 0.15) is 0 Å². The van der Waals surface area contributed by atoms with Crippen LogP contribution in [-0.2, 0) is 0 Å². The van der Waals surface area contributed by atoms with Crippen LogP contribution >= 0.6 is 15.9 Å². The summed E-state index contributed by atoms with van der Waals surface area (Å²) in [6, 6.07) is 4.51. The minimum Gasteiger partial charge on any atom is -0.369 e. The molecule has 0 saturated carbocycles. The molecular weight excluding hydrogens is 252 g/mol. The molecule has 0 atom stereocenters. The van der Waals surface area contributed by atoms with E-state index in [0.29, 0.717) is 0 Å². The summed E-state index contributed by atoms with van der Waals surface area (Å²) in [5.74, 6) is 0. The lowest BCUT2D eigenvalue weighted by Gasteiger charge is -2.30. The number of hydrogen-bond acceptors (Lipinski definition) is 2. The van der Waals surface area contributed by atoms with Gasteiger partial charge >= 0.3 is 0 Å². The third-order valence-corrected chi connectivity index (χ3v) is 3.89. The van der Waals surface area contributed by atoms with Gasteiger partial charge in [-0.05, 0) is 37.1 Å². The lowest BCUT2D eigenvalue weighted by Crippen LogP contribution is -2.43. The molecule has 1 aliphatic rings. The van der Waals surface area contributed by atoms with Gasteiger partial charge in [-0.25, -0.2) is 0 Å². The van der Waals surface area contributed by atoms with Crippen molar-refractivity contribution in [1.29, 1.82) is 0 Å². The maximum atomic E-state index is 3.62. The average Bonchev–Trinajstić information content (AvgIpc) is 2.26. The largest absolute Gasteiger partial charge is 0.369 e. The maximum absolute atomic E-state index is 3.62. The van der Waals surface area contributed by atoms with Gasteiger partial charge < -0.3 is 10.2 Å². The SMILES string of the molecule is Cc1cc(N2CCNCC2)cc(Br)c1C. The van der Waals surface area contributed by atoms with E-state index in [2.05, 4.69) is 52.1 Å².